The highest BCUT2D eigenvalue weighted by Crippen LogP contribution is 2.34. The summed E-state index contributed by atoms with van der Waals surface area (Å²) in [5.74, 6) is 1.54. The Morgan fingerprint density at radius 1 is 1.29 bits per heavy atom. The normalized spacial score (nSPS) is 22.3. The lowest BCUT2D eigenvalue weighted by molar-refractivity contribution is -0.160. The fourth-order valence-corrected chi connectivity index (χ4v) is 3.16. The summed E-state index contributed by atoms with van der Waals surface area (Å²) in [5, 5.41) is 0. The summed E-state index contributed by atoms with van der Waals surface area (Å²) >= 11 is 1.19. The van der Waals surface area contributed by atoms with Crippen LogP contribution in [0.4, 0.5) is 0 Å². The van der Waals surface area contributed by atoms with Crippen LogP contribution < -0.4 is 4.74 Å². The standard InChI is InChI=1S/C17H24O3S/c1-4-5-14-12-16(7-6-13(14)2)19-15-8-10-17(11-9-15)21-20-18-3/h8-11,14,16H,2,4-7,12H2,1,3H3. The summed E-state index contributed by atoms with van der Waals surface area (Å²) in [7, 11) is 1.49. The van der Waals surface area contributed by atoms with Gasteiger partial charge in [0.05, 0.1) is 25.3 Å². The highest BCUT2D eigenvalue weighted by molar-refractivity contribution is 7.94. The number of ether oxygens (including phenoxy) is 1. The zero-order valence-electron chi connectivity index (χ0n) is 12.8. The topological polar surface area (TPSA) is 27.7 Å². The molecule has 0 spiro atoms. The van der Waals surface area contributed by atoms with E-state index in [1.54, 1.807) is 0 Å². The molecule has 0 amide bonds. The van der Waals surface area contributed by atoms with E-state index in [1.807, 2.05) is 24.3 Å². The molecule has 0 aromatic heterocycles. The largest absolute Gasteiger partial charge is 0.490 e. The molecule has 1 aliphatic rings. The minimum Gasteiger partial charge on any atom is -0.490 e. The molecule has 21 heavy (non-hydrogen) atoms. The molecule has 1 fully saturated rings. The second-order valence-electron chi connectivity index (χ2n) is 5.45. The Balaban J connectivity index is 1.87. The van der Waals surface area contributed by atoms with E-state index in [-0.39, 0.29) is 0 Å². The van der Waals surface area contributed by atoms with E-state index in [9.17, 15) is 0 Å². The molecule has 1 aromatic rings. The van der Waals surface area contributed by atoms with Crippen molar-refractivity contribution in [3.8, 4) is 5.75 Å². The zero-order chi connectivity index (χ0) is 15.1. The first-order chi connectivity index (χ1) is 10.2. The van der Waals surface area contributed by atoms with Crippen molar-refractivity contribution in [2.45, 2.75) is 50.0 Å². The molecule has 2 atom stereocenters. The minimum absolute atomic E-state index is 0.306. The molecule has 2 rings (SSSR count). The maximum absolute atomic E-state index is 6.12. The van der Waals surface area contributed by atoms with Crippen LogP contribution in [-0.2, 0) is 9.22 Å². The summed E-state index contributed by atoms with van der Waals surface area (Å²) in [6, 6.07) is 7.92. The third kappa shape index (κ3) is 5.06. The van der Waals surface area contributed by atoms with E-state index in [0.717, 1.165) is 29.9 Å². The lowest BCUT2D eigenvalue weighted by atomic mass is 9.81. The van der Waals surface area contributed by atoms with Crippen LogP contribution in [-0.4, -0.2) is 13.2 Å². The van der Waals surface area contributed by atoms with Crippen molar-refractivity contribution >= 4 is 12.0 Å². The van der Waals surface area contributed by atoms with Gasteiger partial charge in [-0.2, -0.15) is 4.33 Å². The predicted molar refractivity (Wildman–Crippen MR) is 86.2 cm³/mol. The maximum atomic E-state index is 6.12. The third-order valence-corrected chi connectivity index (χ3v) is 4.54. The van der Waals surface area contributed by atoms with Crippen LogP contribution in [0.3, 0.4) is 0 Å². The van der Waals surface area contributed by atoms with Crippen molar-refractivity contribution in [1.82, 2.24) is 0 Å². The van der Waals surface area contributed by atoms with Crippen LogP contribution in [0.15, 0.2) is 41.3 Å². The zero-order valence-corrected chi connectivity index (χ0v) is 13.7. The van der Waals surface area contributed by atoms with Crippen molar-refractivity contribution in [2.24, 2.45) is 5.92 Å². The van der Waals surface area contributed by atoms with Crippen LogP contribution in [0.1, 0.15) is 39.0 Å². The average molecular weight is 308 g/mol. The van der Waals surface area contributed by atoms with Crippen LogP contribution in [0, 0.1) is 5.92 Å². The Morgan fingerprint density at radius 2 is 2.05 bits per heavy atom. The van der Waals surface area contributed by atoms with Gasteiger partial charge in [-0.1, -0.05) is 25.5 Å². The van der Waals surface area contributed by atoms with Crippen LogP contribution in [0.2, 0.25) is 0 Å². The first-order valence-electron chi connectivity index (χ1n) is 7.54. The molecule has 0 saturated heterocycles. The van der Waals surface area contributed by atoms with Crippen LogP contribution >= 0.6 is 12.0 Å². The van der Waals surface area contributed by atoms with E-state index < -0.39 is 0 Å². The van der Waals surface area contributed by atoms with Gasteiger partial charge in [-0.25, -0.2) is 4.89 Å². The summed E-state index contributed by atoms with van der Waals surface area (Å²) < 4.78 is 10.9. The van der Waals surface area contributed by atoms with Crippen molar-refractivity contribution < 1.29 is 14.0 Å². The Hall–Kier alpha value is -0.970. The second kappa shape index (κ2) is 8.47. The van der Waals surface area contributed by atoms with E-state index >= 15 is 0 Å². The predicted octanol–water partition coefficient (Wildman–Crippen LogP) is 5.18. The molecule has 1 aromatic carbocycles. The number of hydrogen-bond donors (Lipinski definition) is 0. The lowest BCUT2D eigenvalue weighted by Gasteiger charge is -2.31. The highest BCUT2D eigenvalue weighted by Gasteiger charge is 2.25. The molecule has 0 heterocycles. The van der Waals surface area contributed by atoms with Crippen molar-refractivity contribution in [2.75, 3.05) is 7.11 Å². The summed E-state index contributed by atoms with van der Waals surface area (Å²) in [6.07, 6.45) is 5.99. The lowest BCUT2D eigenvalue weighted by Crippen LogP contribution is -2.26. The molecule has 3 nitrogen and oxygen atoms in total. The fourth-order valence-electron chi connectivity index (χ4n) is 2.77. The number of hydrogen-bond acceptors (Lipinski definition) is 4. The first-order valence-corrected chi connectivity index (χ1v) is 8.28. The number of benzene rings is 1. The second-order valence-corrected chi connectivity index (χ2v) is 6.22. The fraction of sp³-hybridized carbons (Fsp3) is 0.529. The van der Waals surface area contributed by atoms with Crippen molar-refractivity contribution in [3.05, 3.63) is 36.4 Å². The van der Waals surface area contributed by atoms with Gasteiger partial charge < -0.3 is 4.74 Å². The van der Waals surface area contributed by atoms with Crippen molar-refractivity contribution in [3.63, 3.8) is 0 Å². The molecule has 0 N–H and O–H groups in total. The average Bonchev–Trinajstić information content (AvgIpc) is 2.50. The molecule has 1 aliphatic carbocycles. The Morgan fingerprint density at radius 3 is 2.71 bits per heavy atom. The van der Waals surface area contributed by atoms with Gasteiger partial charge in [0.25, 0.3) is 0 Å². The van der Waals surface area contributed by atoms with Gasteiger partial charge in [0, 0.05) is 4.90 Å². The first kappa shape index (κ1) is 16.4. The van der Waals surface area contributed by atoms with Gasteiger partial charge in [0.15, 0.2) is 0 Å². The number of rotatable bonds is 7. The van der Waals surface area contributed by atoms with Gasteiger partial charge in [0.2, 0.25) is 0 Å². The molecule has 2 unspecified atom stereocenters. The van der Waals surface area contributed by atoms with Gasteiger partial charge in [-0.3, -0.25) is 0 Å². The van der Waals surface area contributed by atoms with E-state index in [2.05, 4.69) is 18.4 Å². The third-order valence-electron chi connectivity index (χ3n) is 3.87. The summed E-state index contributed by atoms with van der Waals surface area (Å²) in [4.78, 5) is 5.56. The van der Waals surface area contributed by atoms with Gasteiger partial charge >= 0.3 is 0 Å². The molecule has 4 heteroatoms. The van der Waals surface area contributed by atoms with Crippen molar-refractivity contribution in [1.29, 1.82) is 0 Å². The maximum Gasteiger partial charge on any atom is 0.119 e. The Kier molecular flexibility index (Phi) is 6.61. The highest BCUT2D eigenvalue weighted by atomic mass is 32.2. The smallest absolute Gasteiger partial charge is 0.119 e. The van der Waals surface area contributed by atoms with Gasteiger partial charge in [-0.05, 0) is 55.9 Å². The van der Waals surface area contributed by atoms with Gasteiger partial charge in [-0.15, -0.1) is 0 Å². The Bertz CT molecular complexity index is 444. The molecule has 116 valence electrons. The van der Waals surface area contributed by atoms with E-state index in [4.69, 9.17) is 9.07 Å². The quantitative estimate of drug-likeness (QED) is 0.300. The van der Waals surface area contributed by atoms with E-state index in [1.165, 1.54) is 37.6 Å². The molecular weight excluding hydrogens is 284 g/mol. The summed E-state index contributed by atoms with van der Waals surface area (Å²) in [5.41, 5.74) is 1.40. The summed E-state index contributed by atoms with van der Waals surface area (Å²) in [6.45, 7) is 6.44. The molecule has 0 bridgehead atoms. The minimum atomic E-state index is 0.306. The van der Waals surface area contributed by atoms with Gasteiger partial charge in [0.1, 0.15) is 5.75 Å². The van der Waals surface area contributed by atoms with Crippen LogP contribution in [0.25, 0.3) is 0 Å². The Labute approximate surface area is 131 Å². The molecule has 0 radical (unpaired) electrons. The molecular formula is C17H24O3S. The SMILES string of the molecule is C=C1CCC(Oc2ccc(SOOC)cc2)CC1CCC. The van der Waals surface area contributed by atoms with Crippen LogP contribution in [0.5, 0.6) is 5.75 Å². The molecule has 0 aliphatic heterocycles. The number of allylic oxidation sites excluding steroid dienone is 1. The van der Waals surface area contributed by atoms with E-state index in [0.29, 0.717) is 12.0 Å². The monoisotopic (exact) mass is 308 g/mol. The molecule has 1 saturated carbocycles.